The number of hydrogen-bond donors (Lipinski definition) is 2. The molecule has 0 aliphatic carbocycles. The van der Waals surface area contributed by atoms with Crippen molar-refractivity contribution in [3.8, 4) is 5.75 Å². The fourth-order valence-corrected chi connectivity index (χ4v) is 2.94. The average Bonchev–Trinajstić information content (AvgIpc) is 2.73. The average molecular weight is 447 g/mol. The Morgan fingerprint density at radius 1 is 1.09 bits per heavy atom. The lowest BCUT2D eigenvalue weighted by atomic mass is 10.00. The number of alkyl halides is 3. The second-order valence-corrected chi connectivity index (χ2v) is 6.74. The number of benzene rings is 2. The number of nitrogen functional groups attached to an aromatic ring is 1. The van der Waals surface area contributed by atoms with Crippen LogP contribution in [-0.2, 0) is 11.0 Å². The highest BCUT2D eigenvalue weighted by Crippen LogP contribution is 2.31. The first-order valence-corrected chi connectivity index (χ1v) is 9.22. The molecule has 1 aromatic heterocycles. The predicted molar refractivity (Wildman–Crippen MR) is 107 cm³/mol. The molecule has 6 nitrogen and oxygen atoms in total. The van der Waals surface area contributed by atoms with E-state index < -0.39 is 35.5 Å². The number of nitrogens with one attached hydrogen (secondary N) is 1. The molecule has 0 aliphatic rings. The summed E-state index contributed by atoms with van der Waals surface area (Å²) in [5, 5.41) is 2.57. The molecular formula is C22H17F4N3O3. The first-order chi connectivity index (χ1) is 15.1. The molecule has 0 unspecified atom stereocenters. The molecule has 3 aromatic rings. The van der Waals surface area contributed by atoms with Crippen LogP contribution in [0.4, 0.5) is 23.2 Å². The third-order valence-corrected chi connectivity index (χ3v) is 4.43. The second-order valence-electron chi connectivity index (χ2n) is 6.74. The number of hydrogen-bond acceptors (Lipinski definition) is 5. The van der Waals surface area contributed by atoms with Gasteiger partial charge in [0.2, 0.25) is 0 Å². The molecule has 0 fully saturated rings. The maximum atomic E-state index is 14.4. The molecule has 1 atom stereocenters. The van der Waals surface area contributed by atoms with Gasteiger partial charge in [0.15, 0.2) is 5.75 Å². The summed E-state index contributed by atoms with van der Waals surface area (Å²) in [6, 6.07) is 9.15. The minimum absolute atomic E-state index is 0.0166. The Bertz CT molecular complexity index is 1150. The Balaban J connectivity index is 1.95. The van der Waals surface area contributed by atoms with Crippen molar-refractivity contribution in [1.82, 2.24) is 10.3 Å². The lowest BCUT2D eigenvalue weighted by Gasteiger charge is -2.20. The van der Waals surface area contributed by atoms with Crippen molar-refractivity contribution in [3.63, 3.8) is 0 Å². The number of nitrogens with two attached hydrogens (primary N) is 1. The minimum Gasteiger partial charge on any atom is -0.425 e. The van der Waals surface area contributed by atoms with Crippen LogP contribution in [-0.4, -0.2) is 16.9 Å². The number of carbonyl (C=O) groups excluding carboxylic acids is 2. The van der Waals surface area contributed by atoms with E-state index in [9.17, 15) is 27.2 Å². The number of pyridine rings is 1. The zero-order valence-corrected chi connectivity index (χ0v) is 16.6. The van der Waals surface area contributed by atoms with Gasteiger partial charge in [0.05, 0.1) is 17.3 Å². The number of rotatable bonds is 5. The second kappa shape index (κ2) is 9.04. The summed E-state index contributed by atoms with van der Waals surface area (Å²) in [5.74, 6) is -1.98. The quantitative estimate of drug-likeness (QED) is 0.264. The summed E-state index contributed by atoms with van der Waals surface area (Å²) in [4.78, 5) is 27.9. The maximum Gasteiger partial charge on any atom is 0.416 e. The van der Waals surface area contributed by atoms with Gasteiger partial charge in [0, 0.05) is 18.7 Å². The number of anilines is 1. The van der Waals surface area contributed by atoms with Gasteiger partial charge in [-0.25, -0.2) is 4.39 Å². The smallest absolute Gasteiger partial charge is 0.416 e. The van der Waals surface area contributed by atoms with E-state index in [4.69, 9.17) is 10.5 Å². The first-order valence-electron chi connectivity index (χ1n) is 9.22. The third kappa shape index (κ3) is 5.20. The largest absolute Gasteiger partial charge is 0.425 e. The van der Waals surface area contributed by atoms with Gasteiger partial charge < -0.3 is 15.8 Å². The summed E-state index contributed by atoms with van der Waals surface area (Å²) in [5.41, 5.74) is 5.01. The molecule has 3 N–H and O–H groups in total. The normalized spacial score (nSPS) is 12.2. The van der Waals surface area contributed by atoms with E-state index in [1.54, 1.807) is 0 Å². The molecule has 166 valence electrons. The lowest BCUT2D eigenvalue weighted by Crippen LogP contribution is -2.30. The number of halogens is 4. The zero-order chi connectivity index (χ0) is 23.5. The molecule has 0 saturated heterocycles. The van der Waals surface area contributed by atoms with Crippen LogP contribution in [0.3, 0.4) is 0 Å². The van der Waals surface area contributed by atoms with Crippen molar-refractivity contribution in [3.05, 3.63) is 89.0 Å². The van der Waals surface area contributed by atoms with Crippen molar-refractivity contribution in [1.29, 1.82) is 0 Å². The van der Waals surface area contributed by atoms with Crippen molar-refractivity contribution in [2.75, 3.05) is 5.73 Å². The topological polar surface area (TPSA) is 94.3 Å². The highest BCUT2D eigenvalue weighted by atomic mass is 19.4. The SMILES string of the molecule is CC(=O)Oc1ccc(C(=O)N[C@@H](c2ccc(C(F)(F)F)cc2)c2ncccc2F)cc1N. The Morgan fingerprint density at radius 3 is 2.34 bits per heavy atom. The standard InChI is InChI=1S/C22H17F4N3O3/c1-12(30)32-18-9-6-14(11-17(18)27)21(31)29-19(20-16(23)3-2-10-28-20)13-4-7-15(8-5-13)22(24,25)26/h2-11,19H,27H2,1H3,(H,29,31)/t19-/m0/s1. The molecule has 0 aliphatic heterocycles. The van der Waals surface area contributed by atoms with Gasteiger partial charge in [-0.15, -0.1) is 0 Å². The van der Waals surface area contributed by atoms with Crippen LogP contribution in [0, 0.1) is 5.82 Å². The van der Waals surface area contributed by atoms with Crippen molar-refractivity contribution >= 4 is 17.6 Å². The van der Waals surface area contributed by atoms with Crippen LogP contribution < -0.4 is 15.8 Å². The Kier molecular flexibility index (Phi) is 6.42. The molecule has 0 radical (unpaired) electrons. The van der Waals surface area contributed by atoms with Crippen LogP contribution in [0.5, 0.6) is 5.75 Å². The Hall–Kier alpha value is -3.95. The van der Waals surface area contributed by atoms with Crippen molar-refractivity contribution in [2.45, 2.75) is 19.1 Å². The molecule has 0 spiro atoms. The molecule has 2 aromatic carbocycles. The molecule has 0 saturated carbocycles. The number of aromatic nitrogens is 1. The van der Waals surface area contributed by atoms with Crippen LogP contribution >= 0.6 is 0 Å². The summed E-state index contributed by atoms with van der Waals surface area (Å²) in [6.07, 6.45) is -3.25. The first kappa shape index (κ1) is 22.7. The van der Waals surface area contributed by atoms with E-state index in [0.717, 1.165) is 30.3 Å². The van der Waals surface area contributed by atoms with Crippen LogP contribution in [0.15, 0.2) is 60.8 Å². The van der Waals surface area contributed by atoms with E-state index >= 15 is 0 Å². The minimum atomic E-state index is -4.55. The highest BCUT2D eigenvalue weighted by Gasteiger charge is 2.31. The van der Waals surface area contributed by atoms with E-state index in [1.807, 2.05) is 0 Å². The summed E-state index contributed by atoms with van der Waals surface area (Å²) in [7, 11) is 0. The molecule has 3 rings (SSSR count). The van der Waals surface area contributed by atoms with Crippen LogP contribution in [0.2, 0.25) is 0 Å². The molecule has 1 heterocycles. The van der Waals surface area contributed by atoms with Gasteiger partial charge >= 0.3 is 12.1 Å². The fourth-order valence-electron chi connectivity index (χ4n) is 2.94. The highest BCUT2D eigenvalue weighted by molar-refractivity contribution is 5.96. The van der Waals surface area contributed by atoms with Gasteiger partial charge in [0.25, 0.3) is 5.91 Å². The van der Waals surface area contributed by atoms with Crippen LogP contribution in [0.25, 0.3) is 0 Å². The van der Waals surface area contributed by atoms with E-state index in [0.29, 0.717) is 0 Å². The molecular weight excluding hydrogens is 430 g/mol. The van der Waals surface area contributed by atoms with Gasteiger partial charge in [-0.05, 0) is 48.0 Å². The molecule has 32 heavy (non-hydrogen) atoms. The number of carbonyl (C=O) groups is 2. The van der Waals surface area contributed by atoms with Gasteiger partial charge in [-0.1, -0.05) is 12.1 Å². The molecule has 1 amide bonds. The summed E-state index contributed by atoms with van der Waals surface area (Å²) < 4.78 is 58.0. The number of amides is 1. The molecule has 10 heteroatoms. The summed E-state index contributed by atoms with van der Waals surface area (Å²) >= 11 is 0. The monoisotopic (exact) mass is 447 g/mol. The third-order valence-electron chi connectivity index (χ3n) is 4.43. The zero-order valence-electron chi connectivity index (χ0n) is 16.6. The predicted octanol–water partition coefficient (Wildman–Crippen LogP) is 4.27. The summed E-state index contributed by atoms with van der Waals surface area (Å²) in [6.45, 7) is 1.19. The number of nitrogens with zero attached hydrogens (tertiary/aromatic N) is 1. The van der Waals surface area contributed by atoms with Gasteiger partial charge in [-0.3, -0.25) is 14.6 Å². The van der Waals surface area contributed by atoms with Gasteiger partial charge in [-0.2, -0.15) is 13.2 Å². The number of ether oxygens (including phenoxy) is 1. The van der Waals surface area contributed by atoms with E-state index in [-0.39, 0.29) is 28.3 Å². The maximum absolute atomic E-state index is 14.4. The lowest BCUT2D eigenvalue weighted by molar-refractivity contribution is -0.137. The Labute approximate surface area is 180 Å². The van der Waals surface area contributed by atoms with Gasteiger partial charge in [0.1, 0.15) is 11.5 Å². The molecule has 0 bridgehead atoms. The van der Waals surface area contributed by atoms with E-state index in [2.05, 4.69) is 10.3 Å². The van der Waals surface area contributed by atoms with Crippen molar-refractivity contribution in [2.24, 2.45) is 0 Å². The fraction of sp³-hybridized carbons (Fsp3) is 0.136. The van der Waals surface area contributed by atoms with Crippen LogP contribution in [0.1, 0.15) is 40.1 Å². The Morgan fingerprint density at radius 2 is 1.78 bits per heavy atom. The number of esters is 1. The van der Waals surface area contributed by atoms with Crippen molar-refractivity contribution < 1.29 is 31.9 Å². The van der Waals surface area contributed by atoms with E-state index in [1.165, 1.54) is 37.4 Å².